The summed E-state index contributed by atoms with van der Waals surface area (Å²) < 4.78 is 27.9. The van der Waals surface area contributed by atoms with Gasteiger partial charge in [-0.05, 0) is 18.6 Å². The van der Waals surface area contributed by atoms with Crippen LogP contribution in [0.1, 0.15) is 31.4 Å². The van der Waals surface area contributed by atoms with Gasteiger partial charge >= 0.3 is 0 Å². The van der Waals surface area contributed by atoms with Crippen LogP contribution in [-0.2, 0) is 9.59 Å². The zero-order valence-corrected chi connectivity index (χ0v) is 13.0. The summed E-state index contributed by atoms with van der Waals surface area (Å²) >= 11 is 0. The number of nitrogens with zero attached hydrogens (tertiary/aromatic N) is 2. The SMILES string of the molecule is CC.Cc1cc(F)c(N(C)CCC(=O)NC=O)c(F)c1C#N. The highest BCUT2D eigenvalue weighted by atomic mass is 19.1. The summed E-state index contributed by atoms with van der Waals surface area (Å²) in [5.41, 5.74) is -0.394. The predicted octanol–water partition coefficient (Wildman–Crippen LogP) is 2.27. The zero-order chi connectivity index (χ0) is 17.3. The number of aryl methyl sites for hydroxylation is 1. The van der Waals surface area contributed by atoms with E-state index < -0.39 is 17.5 Å². The third kappa shape index (κ3) is 4.81. The topological polar surface area (TPSA) is 73.2 Å². The Morgan fingerprint density at radius 3 is 2.55 bits per heavy atom. The van der Waals surface area contributed by atoms with E-state index in [1.165, 1.54) is 18.9 Å². The Morgan fingerprint density at radius 1 is 1.45 bits per heavy atom. The van der Waals surface area contributed by atoms with Gasteiger partial charge in [-0.2, -0.15) is 5.26 Å². The molecule has 2 amide bonds. The largest absolute Gasteiger partial charge is 0.369 e. The van der Waals surface area contributed by atoms with Crippen molar-refractivity contribution >= 4 is 18.0 Å². The number of benzene rings is 1. The number of imide groups is 1. The first-order valence-corrected chi connectivity index (χ1v) is 6.75. The van der Waals surface area contributed by atoms with Gasteiger partial charge in [-0.1, -0.05) is 13.8 Å². The lowest BCUT2D eigenvalue weighted by atomic mass is 10.1. The van der Waals surface area contributed by atoms with Crippen LogP contribution in [0.5, 0.6) is 0 Å². The highest BCUT2D eigenvalue weighted by Gasteiger charge is 2.20. The molecule has 1 aromatic rings. The van der Waals surface area contributed by atoms with Gasteiger partial charge in [-0.25, -0.2) is 8.78 Å². The lowest BCUT2D eigenvalue weighted by Crippen LogP contribution is -2.29. The number of hydrogen-bond donors (Lipinski definition) is 1. The van der Waals surface area contributed by atoms with Crippen molar-refractivity contribution in [3.05, 3.63) is 28.8 Å². The van der Waals surface area contributed by atoms with Crippen molar-refractivity contribution in [3.63, 3.8) is 0 Å². The van der Waals surface area contributed by atoms with Crippen LogP contribution >= 0.6 is 0 Å². The third-order valence-electron chi connectivity index (χ3n) is 2.78. The average molecular weight is 311 g/mol. The molecular weight excluding hydrogens is 292 g/mol. The number of rotatable bonds is 5. The minimum atomic E-state index is -0.955. The normalized spacial score (nSPS) is 9.14. The summed E-state index contributed by atoms with van der Waals surface area (Å²) in [6, 6.07) is 2.75. The smallest absolute Gasteiger partial charge is 0.228 e. The highest BCUT2D eigenvalue weighted by molar-refractivity contribution is 5.86. The Labute approximate surface area is 128 Å². The number of hydrogen-bond acceptors (Lipinski definition) is 4. The van der Waals surface area contributed by atoms with Crippen LogP contribution in [-0.4, -0.2) is 25.9 Å². The molecule has 1 N–H and O–H groups in total. The Balaban J connectivity index is 0.00000211. The van der Waals surface area contributed by atoms with Gasteiger partial charge in [-0.3, -0.25) is 14.9 Å². The van der Waals surface area contributed by atoms with Crippen molar-refractivity contribution in [2.24, 2.45) is 0 Å². The first-order valence-electron chi connectivity index (χ1n) is 6.75. The van der Waals surface area contributed by atoms with Crippen LogP contribution in [0.25, 0.3) is 0 Å². The van der Waals surface area contributed by atoms with Gasteiger partial charge < -0.3 is 4.90 Å². The van der Waals surface area contributed by atoms with Crippen LogP contribution < -0.4 is 10.2 Å². The summed E-state index contributed by atoms with van der Waals surface area (Å²) in [5, 5.41) is 10.8. The monoisotopic (exact) mass is 311 g/mol. The van der Waals surface area contributed by atoms with E-state index in [4.69, 9.17) is 5.26 Å². The number of amides is 2. The number of carbonyl (C=O) groups is 2. The molecule has 0 aromatic heterocycles. The van der Waals surface area contributed by atoms with Crippen LogP contribution in [0.3, 0.4) is 0 Å². The molecule has 22 heavy (non-hydrogen) atoms. The van der Waals surface area contributed by atoms with Crippen LogP contribution in [0.15, 0.2) is 6.07 Å². The van der Waals surface area contributed by atoms with Gasteiger partial charge in [0.2, 0.25) is 12.3 Å². The lowest BCUT2D eigenvalue weighted by molar-refractivity contribution is -0.125. The van der Waals surface area contributed by atoms with Gasteiger partial charge in [0, 0.05) is 20.0 Å². The van der Waals surface area contributed by atoms with Gasteiger partial charge in [-0.15, -0.1) is 0 Å². The Hall–Kier alpha value is -2.49. The number of nitriles is 1. The number of nitrogens with one attached hydrogen (secondary N) is 1. The van der Waals surface area contributed by atoms with Crippen molar-refractivity contribution in [3.8, 4) is 6.07 Å². The summed E-state index contributed by atoms with van der Waals surface area (Å²) in [4.78, 5) is 22.4. The van der Waals surface area contributed by atoms with Crippen LogP contribution in [0, 0.1) is 29.9 Å². The molecule has 7 heteroatoms. The van der Waals surface area contributed by atoms with E-state index >= 15 is 0 Å². The molecule has 0 unspecified atom stereocenters. The van der Waals surface area contributed by atoms with E-state index in [2.05, 4.69) is 0 Å². The second-order valence-corrected chi connectivity index (χ2v) is 4.18. The van der Waals surface area contributed by atoms with Gasteiger partial charge in [0.15, 0.2) is 5.82 Å². The first kappa shape index (κ1) is 19.5. The van der Waals surface area contributed by atoms with Crippen molar-refractivity contribution in [2.45, 2.75) is 27.2 Å². The van der Waals surface area contributed by atoms with E-state index in [1.54, 1.807) is 6.07 Å². The van der Waals surface area contributed by atoms with E-state index in [0.29, 0.717) is 0 Å². The average Bonchev–Trinajstić information content (AvgIpc) is 2.47. The van der Waals surface area contributed by atoms with Gasteiger partial charge in [0.25, 0.3) is 0 Å². The van der Waals surface area contributed by atoms with Crippen LogP contribution in [0.4, 0.5) is 14.5 Å². The molecule has 0 bridgehead atoms. The molecule has 5 nitrogen and oxygen atoms in total. The van der Waals surface area contributed by atoms with E-state index in [1.807, 2.05) is 19.2 Å². The predicted molar refractivity (Wildman–Crippen MR) is 79.3 cm³/mol. The van der Waals surface area contributed by atoms with Crippen LogP contribution in [0.2, 0.25) is 0 Å². The fourth-order valence-corrected chi connectivity index (χ4v) is 1.73. The first-order chi connectivity index (χ1) is 10.4. The standard InChI is InChI=1S/C13H13F2N3O2.C2H6/c1-8-5-10(14)13(12(15)9(8)6-16)18(2)4-3-11(20)17-7-19;1-2/h5,7H,3-4H2,1-2H3,(H,17,19,20);1-2H3. The highest BCUT2D eigenvalue weighted by Crippen LogP contribution is 2.27. The summed E-state index contributed by atoms with van der Waals surface area (Å²) in [5.74, 6) is -2.32. The molecule has 120 valence electrons. The second-order valence-electron chi connectivity index (χ2n) is 4.18. The molecular formula is C15H19F2N3O2. The molecule has 0 heterocycles. The third-order valence-corrected chi connectivity index (χ3v) is 2.78. The Morgan fingerprint density at radius 2 is 2.05 bits per heavy atom. The zero-order valence-electron chi connectivity index (χ0n) is 13.0. The number of anilines is 1. The van der Waals surface area contributed by atoms with Crippen molar-refractivity contribution in [1.82, 2.24) is 5.32 Å². The maximum atomic E-state index is 14.1. The summed E-state index contributed by atoms with van der Waals surface area (Å²) in [7, 11) is 1.40. The molecule has 0 saturated carbocycles. The van der Waals surface area contributed by atoms with E-state index in [9.17, 15) is 18.4 Å². The van der Waals surface area contributed by atoms with Crippen molar-refractivity contribution in [1.29, 1.82) is 5.26 Å². The minimum absolute atomic E-state index is 0.00143. The Bertz CT molecular complexity index is 583. The molecule has 0 spiro atoms. The molecule has 1 rings (SSSR count). The molecule has 0 radical (unpaired) electrons. The Kier molecular flexibility index (Phi) is 8.38. The molecule has 0 atom stereocenters. The second kappa shape index (κ2) is 9.45. The van der Waals surface area contributed by atoms with Gasteiger partial charge in [0.1, 0.15) is 17.6 Å². The minimum Gasteiger partial charge on any atom is -0.369 e. The van der Waals surface area contributed by atoms with Crippen molar-refractivity contribution < 1.29 is 18.4 Å². The number of halogens is 2. The van der Waals surface area contributed by atoms with Crippen molar-refractivity contribution in [2.75, 3.05) is 18.5 Å². The van der Waals surface area contributed by atoms with E-state index in [0.717, 1.165) is 6.07 Å². The molecule has 0 aliphatic carbocycles. The lowest BCUT2D eigenvalue weighted by Gasteiger charge is -2.21. The molecule has 0 saturated heterocycles. The number of carbonyl (C=O) groups excluding carboxylic acids is 2. The maximum absolute atomic E-state index is 14.1. The van der Waals surface area contributed by atoms with E-state index in [-0.39, 0.29) is 36.2 Å². The molecule has 1 aromatic carbocycles. The van der Waals surface area contributed by atoms with Gasteiger partial charge in [0.05, 0.1) is 5.56 Å². The molecule has 0 aliphatic rings. The molecule has 0 aliphatic heterocycles. The summed E-state index contributed by atoms with van der Waals surface area (Å²) in [6.07, 6.45) is 0.132. The fourth-order valence-electron chi connectivity index (χ4n) is 1.73. The summed E-state index contributed by atoms with van der Waals surface area (Å²) in [6.45, 7) is 5.44. The quantitative estimate of drug-likeness (QED) is 0.847. The maximum Gasteiger partial charge on any atom is 0.228 e. The fraction of sp³-hybridized carbons (Fsp3) is 0.400. The molecule has 0 fully saturated rings.